The summed E-state index contributed by atoms with van der Waals surface area (Å²) >= 11 is 0. The Labute approximate surface area is 134 Å². The average Bonchev–Trinajstić information content (AvgIpc) is 3.05. The van der Waals surface area contributed by atoms with E-state index in [1.165, 1.54) is 0 Å². The number of ether oxygens (including phenoxy) is 1. The van der Waals surface area contributed by atoms with Gasteiger partial charge < -0.3 is 14.7 Å². The molecule has 1 atom stereocenters. The first-order valence-corrected chi connectivity index (χ1v) is 7.85. The number of likely N-dealkylation sites (tertiary alicyclic amines) is 1. The number of fused-ring (bicyclic) bond motifs is 1. The number of benzene rings is 1. The van der Waals surface area contributed by atoms with Crippen LogP contribution in [0.25, 0.3) is 11.0 Å². The normalized spacial score (nSPS) is 18.6. The summed E-state index contributed by atoms with van der Waals surface area (Å²) in [5, 5.41) is 17.9. The van der Waals surface area contributed by atoms with Crippen LogP contribution in [0.5, 0.6) is 5.75 Å². The van der Waals surface area contributed by atoms with Crippen LogP contribution >= 0.6 is 0 Å². The monoisotopic (exact) mass is 318 g/mol. The smallest absolute Gasteiger partial charge is 0.410 e. The molecule has 1 fully saturated rings. The van der Waals surface area contributed by atoms with Crippen molar-refractivity contribution in [1.29, 1.82) is 0 Å². The third-order valence-corrected chi connectivity index (χ3v) is 3.89. The number of phenolic OH excluding ortho intramolecular Hbond substituents is 1. The van der Waals surface area contributed by atoms with E-state index in [0.717, 1.165) is 23.9 Å². The summed E-state index contributed by atoms with van der Waals surface area (Å²) in [6.45, 7) is 6.83. The van der Waals surface area contributed by atoms with E-state index in [-0.39, 0.29) is 17.9 Å². The summed E-state index contributed by atoms with van der Waals surface area (Å²) in [4.78, 5) is 14.1. The number of aromatic hydroxyl groups is 1. The highest BCUT2D eigenvalue weighted by Gasteiger charge is 2.32. The van der Waals surface area contributed by atoms with E-state index in [9.17, 15) is 9.90 Å². The van der Waals surface area contributed by atoms with Crippen molar-refractivity contribution in [3.63, 3.8) is 0 Å². The maximum absolute atomic E-state index is 12.3. The molecule has 1 aliphatic heterocycles. The molecule has 1 saturated heterocycles. The minimum Gasteiger partial charge on any atom is -0.508 e. The third-order valence-electron chi connectivity index (χ3n) is 3.89. The van der Waals surface area contributed by atoms with Gasteiger partial charge in [-0.25, -0.2) is 9.48 Å². The molecule has 1 unspecified atom stereocenters. The van der Waals surface area contributed by atoms with Gasteiger partial charge in [0, 0.05) is 12.6 Å². The quantitative estimate of drug-likeness (QED) is 0.920. The SMILES string of the molecule is CC(C)(C)OC(=O)N1CCCC1Cn1nnc2ccc(O)cc21. The van der Waals surface area contributed by atoms with Gasteiger partial charge in [0.1, 0.15) is 16.9 Å². The molecule has 0 aliphatic carbocycles. The molecular weight excluding hydrogens is 296 g/mol. The van der Waals surface area contributed by atoms with Gasteiger partial charge in [-0.05, 0) is 45.7 Å². The highest BCUT2D eigenvalue weighted by molar-refractivity contribution is 5.76. The molecule has 1 aromatic carbocycles. The van der Waals surface area contributed by atoms with Gasteiger partial charge in [0.15, 0.2) is 0 Å². The molecule has 1 N–H and O–H groups in total. The first kappa shape index (κ1) is 15.6. The lowest BCUT2D eigenvalue weighted by atomic mass is 10.2. The second-order valence-corrected chi connectivity index (χ2v) is 6.91. The lowest BCUT2D eigenvalue weighted by Gasteiger charge is -2.28. The molecule has 1 aliphatic rings. The molecule has 1 amide bonds. The van der Waals surface area contributed by atoms with Crippen molar-refractivity contribution in [3.05, 3.63) is 18.2 Å². The average molecular weight is 318 g/mol. The largest absolute Gasteiger partial charge is 0.508 e. The fraction of sp³-hybridized carbons (Fsp3) is 0.562. The van der Waals surface area contributed by atoms with E-state index in [0.29, 0.717) is 13.1 Å². The molecule has 0 spiro atoms. The van der Waals surface area contributed by atoms with Gasteiger partial charge >= 0.3 is 6.09 Å². The van der Waals surface area contributed by atoms with Crippen LogP contribution in [0.4, 0.5) is 4.79 Å². The topological polar surface area (TPSA) is 80.5 Å². The Morgan fingerprint density at radius 2 is 2.22 bits per heavy atom. The van der Waals surface area contributed by atoms with Crippen LogP contribution in [0.2, 0.25) is 0 Å². The number of hydrogen-bond acceptors (Lipinski definition) is 5. The lowest BCUT2D eigenvalue weighted by Crippen LogP contribution is -2.41. The molecule has 0 saturated carbocycles. The van der Waals surface area contributed by atoms with Crippen LogP contribution in [0.3, 0.4) is 0 Å². The molecule has 1 aromatic heterocycles. The van der Waals surface area contributed by atoms with Crippen LogP contribution in [-0.4, -0.2) is 49.3 Å². The van der Waals surface area contributed by atoms with Crippen LogP contribution in [0.1, 0.15) is 33.6 Å². The van der Waals surface area contributed by atoms with Crippen LogP contribution in [0.15, 0.2) is 18.2 Å². The fourth-order valence-corrected chi connectivity index (χ4v) is 2.87. The zero-order valence-corrected chi connectivity index (χ0v) is 13.7. The summed E-state index contributed by atoms with van der Waals surface area (Å²) in [5.41, 5.74) is 0.987. The van der Waals surface area contributed by atoms with Crippen molar-refractivity contribution in [2.75, 3.05) is 6.54 Å². The van der Waals surface area contributed by atoms with Gasteiger partial charge in [0.05, 0.1) is 18.1 Å². The predicted octanol–water partition coefficient (Wildman–Crippen LogP) is 2.54. The third kappa shape index (κ3) is 3.38. The number of amides is 1. The summed E-state index contributed by atoms with van der Waals surface area (Å²) in [6.07, 6.45) is 1.56. The van der Waals surface area contributed by atoms with E-state index in [4.69, 9.17) is 4.74 Å². The molecule has 2 aromatic rings. The number of phenols is 1. The van der Waals surface area contributed by atoms with Crippen molar-refractivity contribution in [2.24, 2.45) is 0 Å². The van der Waals surface area contributed by atoms with Gasteiger partial charge in [0.25, 0.3) is 0 Å². The van der Waals surface area contributed by atoms with Gasteiger partial charge in [-0.15, -0.1) is 5.10 Å². The molecule has 7 nitrogen and oxygen atoms in total. The second kappa shape index (κ2) is 5.72. The molecule has 7 heteroatoms. The highest BCUT2D eigenvalue weighted by Crippen LogP contribution is 2.24. The number of carbonyl (C=O) groups is 1. The summed E-state index contributed by atoms with van der Waals surface area (Å²) in [5.74, 6) is 0.177. The Morgan fingerprint density at radius 1 is 1.43 bits per heavy atom. The Bertz CT molecular complexity index is 720. The fourth-order valence-electron chi connectivity index (χ4n) is 2.87. The number of carbonyl (C=O) groups excluding carboxylic acids is 1. The number of rotatable bonds is 2. The Balaban J connectivity index is 1.78. The molecule has 3 rings (SSSR count). The van der Waals surface area contributed by atoms with Crippen molar-refractivity contribution in [3.8, 4) is 5.75 Å². The minimum atomic E-state index is -0.504. The molecular formula is C16H22N4O3. The van der Waals surface area contributed by atoms with Gasteiger partial charge in [-0.2, -0.15) is 0 Å². The number of nitrogens with zero attached hydrogens (tertiary/aromatic N) is 4. The number of aromatic nitrogens is 3. The van der Waals surface area contributed by atoms with Crippen molar-refractivity contribution < 1.29 is 14.6 Å². The predicted molar refractivity (Wildman–Crippen MR) is 85.2 cm³/mol. The first-order chi connectivity index (χ1) is 10.8. The highest BCUT2D eigenvalue weighted by atomic mass is 16.6. The minimum absolute atomic E-state index is 0.0251. The lowest BCUT2D eigenvalue weighted by molar-refractivity contribution is 0.0212. The summed E-state index contributed by atoms with van der Waals surface area (Å²) in [7, 11) is 0. The first-order valence-electron chi connectivity index (χ1n) is 7.85. The van der Waals surface area contributed by atoms with E-state index < -0.39 is 5.60 Å². The van der Waals surface area contributed by atoms with Crippen molar-refractivity contribution in [2.45, 2.75) is 51.8 Å². The summed E-state index contributed by atoms with van der Waals surface area (Å²) in [6, 6.07) is 4.98. The Hall–Kier alpha value is -2.31. The van der Waals surface area contributed by atoms with Crippen LogP contribution in [0, 0.1) is 0 Å². The van der Waals surface area contributed by atoms with Crippen LogP contribution < -0.4 is 0 Å². The Kier molecular flexibility index (Phi) is 3.87. The van der Waals surface area contributed by atoms with Gasteiger partial charge in [0.2, 0.25) is 0 Å². The molecule has 23 heavy (non-hydrogen) atoms. The van der Waals surface area contributed by atoms with E-state index >= 15 is 0 Å². The standard InChI is InChI=1S/C16H22N4O3/c1-16(2,3)23-15(22)19-8-4-5-11(19)10-20-14-9-12(21)6-7-13(14)17-18-20/h6-7,9,11,21H,4-5,8,10H2,1-3H3. The molecule has 124 valence electrons. The number of hydrogen-bond donors (Lipinski definition) is 1. The summed E-state index contributed by atoms with van der Waals surface area (Å²) < 4.78 is 7.22. The van der Waals surface area contributed by atoms with E-state index in [1.807, 2.05) is 20.8 Å². The maximum atomic E-state index is 12.3. The van der Waals surface area contributed by atoms with E-state index in [2.05, 4.69) is 10.3 Å². The zero-order valence-electron chi connectivity index (χ0n) is 13.7. The van der Waals surface area contributed by atoms with E-state index in [1.54, 1.807) is 27.8 Å². The molecule has 0 bridgehead atoms. The van der Waals surface area contributed by atoms with Crippen molar-refractivity contribution >= 4 is 17.1 Å². The molecule has 2 heterocycles. The Morgan fingerprint density at radius 3 is 2.96 bits per heavy atom. The molecule has 0 radical (unpaired) electrons. The van der Waals surface area contributed by atoms with Crippen LogP contribution in [-0.2, 0) is 11.3 Å². The maximum Gasteiger partial charge on any atom is 0.410 e. The van der Waals surface area contributed by atoms with Gasteiger partial charge in [-0.1, -0.05) is 5.21 Å². The van der Waals surface area contributed by atoms with Gasteiger partial charge in [-0.3, -0.25) is 0 Å². The zero-order chi connectivity index (χ0) is 16.6. The second-order valence-electron chi connectivity index (χ2n) is 6.91. The van der Waals surface area contributed by atoms with Crippen molar-refractivity contribution in [1.82, 2.24) is 19.9 Å².